The molecule has 23 heavy (non-hydrogen) atoms. The molecule has 2 heteroatoms. The first-order chi connectivity index (χ1) is 10.8. The van der Waals surface area contributed by atoms with Crippen molar-refractivity contribution >= 4 is 16.7 Å². The molecule has 1 N–H and O–H groups in total. The van der Waals surface area contributed by atoms with Crippen molar-refractivity contribution in [3.8, 4) is 11.1 Å². The summed E-state index contributed by atoms with van der Waals surface area (Å²) in [5, 5.41) is 11.1. The molecule has 3 aromatic carbocycles. The molecular weight excluding hydrogens is 284 g/mol. The molecule has 0 radical (unpaired) electrons. The van der Waals surface area contributed by atoms with Gasteiger partial charge in [-0.2, -0.15) is 0 Å². The smallest absolute Gasteiger partial charge is 0.335 e. The summed E-state index contributed by atoms with van der Waals surface area (Å²) in [5.74, 6) is -0.895. The van der Waals surface area contributed by atoms with Gasteiger partial charge in [-0.3, -0.25) is 0 Å². The van der Waals surface area contributed by atoms with Gasteiger partial charge in [-0.05, 0) is 51.1 Å². The molecule has 0 saturated heterocycles. The molecule has 116 valence electrons. The van der Waals surface area contributed by atoms with E-state index in [4.69, 9.17) is 5.11 Å². The third-order valence-corrected chi connectivity index (χ3v) is 4.17. The third kappa shape index (κ3) is 3.11. The van der Waals surface area contributed by atoms with E-state index in [1.54, 1.807) is 12.1 Å². The highest BCUT2D eigenvalue weighted by Gasteiger charge is 2.13. The van der Waals surface area contributed by atoms with Crippen molar-refractivity contribution in [1.82, 2.24) is 0 Å². The molecule has 0 atom stereocenters. The summed E-state index contributed by atoms with van der Waals surface area (Å²) < 4.78 is 0. The predicted octanol–water partition coefficient (Wildman–Crippen LogP) is 5.50. The molecule has 3 aromatic rings. The zero-order valence-corrected chi connectivity index (χ0v) is 13.6. The Hall–Kier alpha value is -2.61. The van der Waals surface area contributed by atoms with E-state index in [0.29, 0.717) is 5.56 Å². The lowest BCUT2D eigenvalue weighted by Crippen LogP contribution is -2.10. The second-order valence-corrected chi connectivity index (χ2v) is 6.91. The third-order valence-electron chi connectivity index (χ3n) is 4.17. The topological polar surface area (TPSA) is 37.3 Å². The van der Waals surface area contributed by atoms with Crippen molar-refractivity contribution in [2.24, 2.45) is 0 Å². The van der Waals surface area contributed by atoms with Gasteiger partial charge in [0.2, 0.25) is 0 Å². The van der Waals surface area contributed by atoms with E-state index in [2.05, 4.69) is 51.1 Å². The lowest BCUT2D eigenvalue weighted by molar-refractivity contribution is 0.0697. The maximum absolute atomic E-state index is 11.0. The fourth-order valence-electron chi connectivity index (χ4n) is 2.72. The summed E-state index contributed by atoms with van der Waals surface area (Å²) in [7, 11) is 0. The standard InChI is InChI=1S/C21H20O2/c1-21(2,3)19-10-8-14(9-11-19)15-4-5-17-13-18(20(22)23)7-6-16(17)12-15/h4-13H,1-3H3,(H,22,23). The molecule has 0 fully saturated rings. The number of carboxylic acids is 1. The molecule has 2 nitrogen and oxygen atoms in total. The van der Waals surface area contributed by atoms with Crippen molar-refractivity contribution in [2.75, 3.05) is 0 Å². The Balaban J connectivity index is 2.00. The Labute approximate surface area is 136 Å². The largest absolute Gasteiger partial charge is 0.478 e. The molecule has 3 rings (SSSR count). The van der Waals surface area contributed by atoms with Gasteiger partial charge in [0.15, 0.2) is 0 Å². The molecule has 0 saturated carbocycles. The Morgan fingerprint density at radius 2 is 1.35 bits per heavy atom. The van der Waals surface area contributed by atoms with Gasteiger partial charge in [0.1, 0.15) is 0 Å². The summed E-state index contributed by atoms with van der Waals surface area (Å²) in [4.78, 5) is 11.0. The Bertz CT molecular complexity index is 868. The second kappa shape index (κ2) is 5.54. The lowest BCUT2D eigenvalue weighted by Gasteiger charge is -2.19. The van der Waals surface area contributed by atoms with Gasteiger partial charge in [-0.15, -0.1) is 0 Å². The zero-order chi connectivity index (χ0) is 16.6. The van der Waals surface area contributed by atoms with E-state index in [-0.39, 0.29) is 5.41 Å². The number of aromatic carboxylic acids is 1. The molecule has 0 aliphatic carbocycles. The summed E-state index contributed by atoms with van der Waals surface area (Å²) in [6, 6.07) is 20.0. The first-order valence-corrected chi connectivity index (χ1v) is 7.73. The highest BCUT2D eigenvalue weighted by molar-refractivity contribution is 5.95. The zero-order valence-electron chi connectivity index (χ0n) is 13.6. The number of benzene rings is 3. The van der Waals surface area contributed by atoms with Crippen LogP contribution < -0.4 is 0 Å². The van der Waals surface area contributed by atoms with E-state index < -0.39 is 5.97 Å². The minimum atomic E-state index is -0.895. The van der Waals surface area contributed by atoms with Gasteiger partial charge < -0.3 is 5.11 Å². The first-order valence-electron chi connectivity index (χ1n) is 7.73. The van der Waals surface area contributed by atoms with Crippen LogP contribution in [0.1, 0.15) is 36.7 Å². The van der Waals surface area contributed by atoms with Crippen LogP contribution in [-0.4, -0.2) is 11.1 Å². The maximum atomic E-state index is 11.0. The van der Waals surface area contributed by atoms with Crippen LogP contribution in [0.5, 0.6) is 0 Å². The maximum Gasteiger partial charge on any atom is 0.335 e. The molecule has 0 bridgehead atoms. The molecule has 0 amide bonds. The summed E-state index contributed by atoms with van der Waals surface area (Å²) in [5.41, 5.74) is 4.09. The average molecular weight is 304 g/mol. The van der Waals surface area contributed by atoms with Crippen molar-refractivity contribution < 1.29 is 9.90 Å². The van der Waals surface area contributed by atoms with Crippen LogP contribution in [0.3, 0.4) is 0 Å². The van der Waals surface area contributed by atoms with Gasteiger partial charge in [-0.1, -0.05) is 63.2 Å². The molecule has 0 aliphatic heterocycles. The number of rotatable bonds is 2. The van der Waals surface area contributed by atoms with Gasteiger partial charge in [0.05, 0.1) is 5.56 Å². The summed E-state index contributed by atoms with van der Waals surface area (Å²) >= 11 is 0. The quantitative estimate of drug-likeness (QED) is 0.678. The van der Waals surface area contributed by atoms with E-state index in [1.807, 2.05) is 18.2 Å². The monoisotopic (exact) mass is 304 g/mol. The fraction of sp³-hybridized carbons (Fsp3) is 0.190. The SMILES string of the molecule is CC(C)(C)c1ccc(-c2ccc3cc(C(=O)O)ccc3c2)cc1. The van der Waals surface area contributed by atoms with E-state index in [0.717, 1.165) is 16.3 Å². The Morgan fingerprint density at radius 3 is 1.96 bits per heavy atom. The normalized spacial score (nSPS) is 11.6. The van der Waals surface area contributed by atoms with Crippen LogP contribution in [-0.2, 0) is 5.41 Å². The lowest BCUT2D eigenvalue weighted by atomic mass is 9.86. The van der Waals surface area contributed by atoms with Crippen LogP contribution in [0.25, 0.3) is 21.9 Å². The number of hydrogen-bond acceptors (Lipinski definition) is 1. The molecular formula is C21H20O2. The van der Waals surface area contributed by atoms with E-state index in [1.165, 1.54) is 11.1 Å². The summed E-state index contributed by atoms with van der Waals surface area (Å²) in [6.45, 7) is 6.62. The number of fused-ring (bicyclic) bond motifs is 1. The number of carboxylic acid groups (broad SMARTS) is 1. The van der Waals surface area contributed by atoms with Gasteiger partial charge >= 0.3 is 5.97 Å². The van der Waals surface area contributed by atoms with Crippen LogP contribution >= 0.6 is 0 Å². The number of carbonyl (C=O) groups is 1. The van der Waals surface area contributed by atoms with Gasteiger partial charge in [-0.25, -0.2) is 4.79 Å². The first kappa shape index (κ1) is 15.3. The molecule has 0 aromatic heterocycles. The van der Waals surface area contributed by atoms with Crippen LogP contribution in [0.2, 0.25) is 0 Å². The van der Waals surface area contributed by atoms with Crippen molar-refractivity contribution in [2.45, 2.75) is 26.2 Å². The molecule has 0 heterocycles. The molecule has 0 spiro atoms. The summed E-state index contributed by atoms with van der Waals surface area (Å²) in [6.07, 6.45) is 0. The Kier molecular flexibility index (Phi) is 3.69. The minimum Gasteiger partial charge on any atom is -0.478 e. The fourth-order valence-corrected chi connectivity index (χ4v) is 2.72. The molecule has 0 aliphatic rings. The van der Waals surface area contributed by atoms with Crippen LogP contribution in [0.15, 0.2) is 60.7 Å². The van der Waals surface area contributed by atoms with Crippen molar-refractivity contribution in [3.63, 3.8) is 0 Å². The Morgan fingerprint density at radius 1 is 0.783 bits per heavy atom. The van der Waals surface area contributed by atoms with Gasteiger partial charge in [0.25, 0.3) is 0 Å². The van der Waals surface area contributed by atoms with Crippen molar-refractivity contribution in [1.29, 1.82) is 0 Å². The van der Waals surface area contributed by atoms with Crippen molar-refractivity contribution in [3.05, 3.63) is 71.8 Å². The van der Waals surface area contributed by atoms with Gasteiger partial charge in [0, 0.05) is 0 Å². The highest BCUT2D eigenvalue weighted by Crippen LogP contribution is 2.28. The van der Waals surface area contributed by atoms with E-state index in [9.17, 15) is 4.79 Å². The highest BCUT2D eigenvalue weighted by atomic mass is 16.4. The van der Waals surface area contributed by atoms with Crippen LogP contribution in [0.4, 0.5) is 0 Å². The minimum absolute atomic E-state index is 0.148. The molecule has 0 unspecified atom stereocenters. The van der Waals surface area contributed by atoms with E-state index >= 15 is 0 Å². The average Bonchev–Trinajstić information content (AvgIpc) is 2.53. The predicted molar refractivity (Wildman–Crippen MR) is 95.0 cm³/mol. The number of hydrogen-bond donors (Lipinski definition) is 1. The second-order valence-electron chi connectivity index (χ2n) is 6.91. The van der Waals surface area contributed by atoms with Crippen LogP contribution in [0, 0.1) is 0 Å².